The van der Waals surface area contributed by atoms with Crippen molar-refractivity contribution in [2.45, 2.75) is 25.3 Å². The summed E-state index contributed by atoms with van der Waals surface area (Å²) in [4.78, 5) is 2.39. The minimum atomic E-state index is 0.799. The van der Waals surface area contributed by atoms with Crippen molar-refractivity contribution in [3.8, 4) is 0 Å². The van der Waals surface area contributed by atoms with Gasteiger partial charge < -0.3 is 4.90 Å². The first-order valence-electron chi connectivity index (χ1n) is 4.66. The van der Waals surface area contributed by atoms with Crippen molar-refractivity contribution in [1.82, 2.24) is 0 Å². The molecule has 0 unspecified atom stereocenters. The van der Waals surface area contributed by atoms with Gasteiger partial charge >= 0.3 is 0 Å². The summed E-state index contributed by atoms with van der Waals surface area (Å²) in [5.74, 6) is 0. The Labute approximate surface area is 74.0 Å². The van der Waals surface area contributed by atoms with E-state index in [1.54, 1.807) is 0 Å². The van der Waals surface area contributed by atoms with E-state index in [4.69, 9.17) is 0 Å². The van der Waals surface area contributed by atoms with Crippen LogP contribution in [0.1, 0.15) is 19.3 Å². The van der Waals surface area contributed by atoms with Crippen LogP contribution >= 0.6 is 0 Å². The highest BCUT2D eigenvalue weighted by atomic mass is 15.1. The first kappa shape index (κ1) is 7.66. The summed E-state index contributed by atoms with van der Waals surface area (Å²) < 4.78 is 0. The Hall–Kier alpha value is -0.980. The highest BCUT2D eigenvalue weighted by Gasteiger charge is 2.21. The molecule has 1 aromatic rings. The van der Waals surface area contributed by atoms with Crippen LogP contribution in [0, 0.1) is 0 Å². The fraction of sp³-hybridized carbons (Fsp3) is 0.455. The molecule has 64 valence electrons. The van der Waals surface area contributed by atoms with Crippen LogP contribution in [0.3, 0.4) is 0 Å². The van der Waals surface area contributed by atoms with Crippen molar-refractivity contribution < 1.29 is 0 Å². The topological polar surface area (TPSA) is 3.24 Å². The van der Waals surface area contributed by atoms with Gasteiger partial charge in [0.15, 0.2) is 0 Å². The van der Waals surface area contributed by atoms with Gasteiger partial charge in [0.2, 0.25) is 0 Å². The SMILES string of the molecule is CN(c1ccccc1)C1CCC1. The van der Waals surface area contributed by atoms with Gasteiger partial charge in [-0.25, -0.2) is 0 Å². The standard InChI is InChI=1S/C11H15N/c1-12(11-8-5-9-11)10-6-3-2-4-7-10/h2-4,6-7,11H,5,8-9H2,1H3. The van der Waals surface area contributed by atoms with E-state index in [0.717, 1.165) is 6.04 Å². The monoisotopic (exact) mass is 161 g/mol. The lowest BCUT2D eigenvalue weighted by Gasteiger charge is -2.36. The first-order chi connectivity index (χ1) is 5.88. The lowest BCUT2D eigenvalue weighted by molar-refractivity contribution is 0.401. The molecule has 1 aliphatic carbocycles. The van der Waals surface area contributed by atoms with E-state index in [1.165, 1.54) is 24.9 Å². The lowest BCUT2D eigenvalue weighted by Crippen LogP contribution is -2.36. The van der Waals surface area contributed by atoms with Crippen LogP contribution in [-0.2, 0) is 0 Å². The average molecular weight is 161 g/mol. The Morgan fingerprint density at radius 2 is 1.83 bits per heavy atom. The molecule has 0 aliphatic heterocycles. The number of nitrogens with zero attached hydrogens (tertiary/aromatic N) is 1. The molecule has 0 saturated heterocycles. The van der Waals surface area contributed by atoms with Crippen molar-refractivity contribution in [2.75, 3.05) is 11.9 Å². The van der Waals surface area contributed by atoms with Gasteiger partial charge in [0.05, 0.1) is 0 Å². The maximum Gasteiger partial charge on any atom is 0.0366 e. The van der Waals surface area contributed by atoms with Crippen molar-refractivity contribution in [2.24, 2.45) is 0 Å². The van der Waals surface area contributed by atoms with Crippen LogP contribution < -0.4 is 4.90 Å². The zero-order valence-corrected chi connectivity index (χ0v) is 7.53. The summed E-state index contributed by atoms with van der Waals surface area (Å²) in [6.45, 7) is 0. The fourth-order valence-corrected chi connectivity index (χ4v) is 1.65. The number of hydrogen-bond donors (Lipinski definition) is 0. The van der Waals surface area contributed by atoms with E-state index in [1.807, 2.05) is 0 Å². The quantitative estimate of drug-likeness (QED) is 0.644. The summed E-state index contributed by atoms with van der Waals surface area (Å²) in [6.07, 6.45) is 4.14. The molecule has 0 aromatic heterocycles. The highest BCUT2D eigenvalue weighted by Crippen LogP contribution is 2.27. The predicted octanol–water partition coefficient (Wildman–Crippen LogP) is 2.68. The van der Waals surface area contributed by atoms with Crippen LogP contribution in [0.2, 0.25) is 0 Å². The van der Waals surface area contributed by atoms with Gasteiger partial charge in [-0.15, -0.1) is 0 Å². The van der Waals surface area contributed by atoms with Gasteiger partial charge in [0, 0.05) is 18.8 Å². The van der Waals surface area contributed by atoms with Crippen LogP contribution in [0.15, 0.2) is 30.3 Å². The van der Waals surface area contributed by atoms with E-state index in [-0.39, 0.29) is 0 Å². The van der Waals surface area contributed by atoms with E-state index in [0.29, 0.717) is 0 Å². The molecule has 0 N–H and O–H groups in total. The second-order valence-corrected chi connectivity index (χ2v) is 3.53. The van der Waals surface area contributed by atoms with Gasteiger partial charge in [-0.1, -0.05) is 18.2 Å². The average Bonchev–Trinajstić information content (AvgIpc) is 2.03. The van der Waals surface area contributed by atoms with Crippen LogP contribution in [0.4, 0.5) is 5.69 Å². The molecular weight excluding hydrogens is 146 g/mol. The van der Waals surface area contributed by atoms with Gasteiger partial charge in [-0.05, 0) is 31.4 Å². The molecule has 0 heterocycles. The predicted molar refractivity (Wildman–Crippen MR) is 52.5 cm³/mol. The molecular formula is C11H15N. The van der Waals surface area contributed by atoms with Gasteiger partial charge in [-0.3, -0.25) is 0 Å². The molecule has 0 amide bonds. The largest absolute Gasteiger partial charge is 0.372 e. The third-order valence-corrected chi connectivity index (χ3v) is 2.79. The maximum absolute atomic E-state index is 2.39. The normalized spacial score (nSPS) is 17.1. The second-order valence-electron chi connectivity index (χ2n) is 3.53. The van der Waals surface area contributed by atoms with Gasteiger partial charge in [0.1, 0.15) is 0 Å². The van der Waals surface area contributed by atoms with Crippen LogP contribution in [-0.4, -0.2) is 13.1 Å². The molecule has 0 atom stereocenters. The smallest absolute Gasteiger partial charge is 0.0366 e. The zero-order chi connectivity index (χ0) is 8.39. The summed E-state index contributed by atoms with van der Waals surface area (Å²) in [5, 5.41) is 0. The number of benzene rings is 1. The van der Waals surface area contributed by atoms with Crippen LogP contribution in [0.5, 0.6) is 0 Å². The molecule has 2 rings (SSSR count). The Balaban J connectivity index is 2.08. The summed E-state index contributed by atoms with van der Waals surface area (Å²) in [7, 11) is 2.19. The first-order valence-corrected chi connectivity index (χ1v) is 4.66. The molecule has 1 saturated carbocycles. The highest BCUT2D eigenvalue weighted by molar-refractivity contribution is 5.46. The van der Waals surface area contributed by atoms with Gasteiger partial charge in [0.25, 0.3) is 0 Å². The maximum atomic E-state index is 2.39. The second kappa shape index (κ2) is 3.18. The molecule has 1 nitrogen and oxygen atoms in total. The molecule has 0 spiro atoms. The lowest BCUT2D eigenvalue weighted by atomic mass is 9.91. The molecule has 12 heavy (non-hydrogen) atoms. The van der Waals surface area contributed by atoms with Crippen molar-refractivity contribution in [3.63, 3.8) is 0 Å². The Morgan fingerprint density at radius 3 is 2.33 bits per heavy atom. The molecule has 0 radical (unpaired) electrons. The molecule has 0 bridgehead atoms. The number of hydrogen-bond acceptors (Lipinski definition) is 1. The van der Waals surface area contributed by atoms with Gasteiger partial charge in [-0.2, -0.15) is 0 Å². The molecule has 1 aliphatic rings. The van der Waals surface area contributed by atoms with E-state index in [9.17, 15) is 0 Å². The number of rotatable bonds is 2. The zero-order valence-electron chi connectivity index (χ0n) is 7.53. The van der Waals surface area contributed by atoms with Crippen molar-refractivity contribution >= 4 is 5.69 Å². The molecule has 1 fully saturated rings. The minimum absolute atomic E-state index is 0.799. The molecule has 1 heteroatoms. The van der Waals surface area contributed by atoms with E-state index >= 15 is 0 Å². The minimum Gasteiger partial charge on any atom is -0.372 e. The Morgan fingerprint density at radius 1 is 1.17 bits per heavy atom. The van der Waals surface area contributed by atoms with E-state index < -0.39 is 0 Å². The summed E-state index contributed by atoms with van der Waals surface area (Å²) in [5.41, 5.74) is 1.35. The Kier molecular flexibility index (Phi) is 2.03. The van der Waals surface area contributed by atoms with Crippen LogP contribution in [0.25, 0.3) is 0 Å². The van der Waals surface area contributed by atoms with Crippen molar-refractivity contribution in [1.29, 1.82) is 0 Å². The summed E-state index contributed by atoms with van der Waals surface area (Å²) in [6, 6.07) is 11.4. The molecule has 1 aromatic carbocycles. The summed E-state index contributed by atoms with van der Waals surface area (Å²) >= 11 is 0. The fourth-order valence-electron chi connectivity index (χ4n) is 1.65. The van der Waals surface area contributed by atoms with E-state index in [2.05, 4.69) is 42.3 Å². The number of para-hydroxylation sites is 1. The third kappa shape index (κ3) is 1.31. The third-order valence-electron chi connectivity index (χ3n) is 2.79. The Bertz CT molecular complexity index is 238. The van der Waals surface area contributed by atoms with Crippen molar-refractivity contribution in [3.05, 3.63) is 30.3 Å². The number of anilines is 1.